The molecule has 0 aromatic heterocycles. The van der Waals surface area contributed by atoms with E-state index >= 15 is 0 Å². The van der Waals surface area contributed by atoms with Gasteiger partial charge in [-0.2, -0.15) is 0 Å². The lowest BCUT2D eigenvalue weighted by molar-refractivity contribution is -0.137. The molecule has 2 atom stereocenters. The van der Waals surface area contributed by atoms with Gasteiger partial charge in [0.1, 0.15) is 11.9 Å². The Morgan fingerprint density at radius 2 is 1.59 bits per heavy atom. The van der Waals surface area contributed by atoms with E-state index in [9.17, 15) is 14.0 Å². The van der Waals surface area contributed by atoms with Gasteiger partial charge in [0.25, 0.3) is 0 Å². The van der Waals surface area contributed by atoms with Gasteiger partial charge < -0.3 is 10.2 Å². The van der Waals surface area contributed by atoms with Crippen LogP contribution in [0.5, 0.6) is 0 Å². The molecule has 2 rings (SSSR count). The molecule has 4 nitrogen and oxygen atoms in total. The molecular weight excluding hydrogens is 343 g/mol. The minimum absolute atomic E-state index is 0.117. The predicted octanol–water partition coefficient (Wildman–Crippen LogP) is 3.73. The number of hydrogen-bond donors (Lipinski definition) is 1. The van der Waals surface area contributed by atoms with E-state index in [2.05, 4.69) is 5.32 Å². The molecule has 0 spiro atoms. The summed E-state index contributed by atoms with van der Waals surface area (Å²) < 4.78 is 13.1. The van der Waals surface area contributed by atoms with Gasteiger partial charge in [-0.15, -0.1) is 0 Å². The zero-order chi connectivity index (χ0) is 19.8. The van der Waals surface area contributed by atoms with Crippen molar-refractivity contribution in [1.82, 2.24) is 10.2 Å². The van der Waals surface area contributed by atoms with Crippen molar-refractivity contribution >= 4 is 11.8 Å². The zero-order valence-electron chi connectivity index (χ0n) is 16.1. The van der Waals surface area contributed by atoms with Crippen molar-refractivity contribution in [3.05, 3.63) is 71.5 Å². The van der Waals surface area contributed by atoms with Gasteiger partial charge >= 0.3 is 0 Å². The summed E-state index contributed by atoms with van der Waals surface area (Å²) >= 11 is 0. The Morgan fingerprint density at radius 3 is 2.15 bits per heavy atom. The van der Waals surface area contributed by atoms with Crippen molar-refractivity contribution in [3.63, 3.8) is 0 Å². The number of halogens is 1. The Morgan fingerprint density at radius 1 is 1.00 bits per heavy atom. The van der Waals surface area contributed by atoms with Gasteiger partial charge in [-0.1, -0.05) is 49.4 Å². The highest BCUT2D eigenvalue weighted by Gasteiger charge is 2.27. The summed E-state index contributed by atoms with van der Waals surface area (Å²) in [4.78, 5) is 27.4. The van der Waals surface area contributed by atoms with Crippen molar-refractivity contribution in [1.29, 1.82) is 0 Å². The highest BCUT2D eigenvalue weighted by Crippen LogP contribution is 2.18. The number of benzene rings is 2. The zero-order valence-corrected chi connectivity index (χ0v) is 16.1. The normalized spacial score (nSPS) is 12.9. The van der Waals surface area contributed by atoms with Crippen molar-refractivity contribution in [2.24, 2.45) is 5.92 Å². The lowest BCUT2D eigenvalue weighted by atomic mass is 9.98. The van der Waals surface area contributed by atoms with Gasteiger partial charge in [0.15, 0.2) is 0 Å². The molecule has 27 heavy (non-hydrogen) atoms. The van der Waals surface area contributed by atoms with Crippen molar-refractivity contribution in [2.75, 3.05) is 13.1 Å². The molecule has 0 radical (unpaired) electrons. The summed E-state index contributed by atoms with van der Waals surface area (Å²) in [6, 6.07) is 14.7. The number of amides is 2. The summed E-state index contributed by atoms with van der Waals surface area (Å²) in [5, 5.41) is 2.91. The third kappa shape index (κ3) is 5.64. The lowest BCUT2D eigenvalue weighted by Gasteiger charge is -2.27. The number of nitrogens with zero attached hydrogens (tertiary/aromatic N) is 1. The van der Waals surface area contributed by atoms with Gasteiger partial charge in [-0.05, 0) is 43.5 Å². The summed E-state index contributed by atoms with van der Waals surface area (Å²) in [5.41, 5.74) is 1.64. The molecule has 144 valence electrons. The molecule has 0 aliphatic heterocycles. The molecule has 0 bridgehead atoms. The maximum atomic E-state index is 13.1. The van der Waals surface area contributed by atoms with Crippen molar-refractivity contribution < 1.29 is 14.0 Å². The first-order valence-corrected chi connectivity index (χ1v) is 9.34. The molecule has 0 saturated heterocycles. The SMILES string of the molecule is CCN(CC)C(=O)[C@@H](NC(=O)C(C)Cc1ccc(F)cc1)c1ccccc1. The average molecular weight is 370 g/mol. The number of hydrogen-bond acceptors (Lipinski definition) is 2. The van der Waals surface area contributed by atoms with Crippen molar-refractivity contribution in [2.45, 2.75) is 33.2 Å². The Hall–Kier alpha value is -2.69. The Balaban J connectivity index is 2.14. The average Bonchev–Trinajstić information content (AvgIpc) is 2.69. The molecule has 0 saturated carbocycles. The third-order valence-electron chi connectivity index (χ3n) is 4.64. The number of likely N-dealkylation sites (N-methyl/N-ethyl adjacent to an activating group) is 1. The second-order valence-corrected chi connectivity index (χ2v) is 6.59. The molecule has 1 N–H and O–H groups in total. The molecule has 2 amide bonds. The number of rotatable bonds is 8. The molecule has 2 aromatic carbocycles. The van der Waals surface area contributed by atoms with Gasteiger partial charge in [-0.3, -0.25) is 9.59 Å². The topological polar surface area (TPSA) is 49.4 Å². The largest absolute Gasteiger partial charge is 0.341 e. The number of carbonyl (C=O) groups excluding carboxylic acids is 2. The molecule has 1 unspecified atom stereocenters. The first kappa shape index (κ1) is 20.6. The highest BCUT2D eigenvalue weighted by atomic mass is 19.1. The molecule has 0 fully saturated rings. The standard InChI is InChI=1S/C22H27FN2O2/c1-4-25(5-2)22(27)20(18-9-7-6-8-10-18)24-21(26)16(3)15-17-11-13-19(23)14-12-17/h6-14,16,20H,4-5,15H2,1-3H3,(H,24,26)/t16?,20-/m0/s1. The van der Waals surface area contributed by atoms with Crippen LogP contribution in [0, 0.1) is 11.7 Å². The minimum Gasteiger partial charge on any atom is -0.341 e. The quantitative estimate of drug-likeness (QED) is 0.770. The van der Waals surface area contributed by atoms with E-state index in [1.807, 2.05) is 51.1 Å². The van der Waals surface area contributed by atoms with Crippen LogP contribution in [0.15, 0.2) is 54.6 Å². The number of nitrogens with one attached hydrogen (secondary N) is 1. The van der Waals surface area contributed by atoms with Crippen LogP contribution in [0.1, 0.15) is 37.9 Å². The Kier molecular flexibility index (Phi) is 7.53. The third-order valence-corrected chi connectivity index (χ3v) is 4.64. The Labute approximate surface area is 160 Å². The maximum absolute atomic E-state index is 13.1. The molecular formula is C22H27FN2O2. The second-order valence-electron chi connectivity index (χ2n) is 6.59. The lowest BCUT2D eigenvalue weighted by Crippen LogP contribution is -2.44. The van der Waals surface area contributed by atoms with Gasteiger partial charge in [0.05, 0.1) is 0 Å². The molecule has 0 aliphatic rings. The fraction of sp³-hybridized carbons (Fsp3) is 0.364. The van der Waals surface area contributed by atoms with E-state index < -0.39 is 6.04 Å². The van der Waals surface area contributed by atoms with Gasteiger partial charge in [-0.25, -0.2) is 4.39 Å². The first-order chi connectivity index (χ1) is 13.0. The van der Waals surface area contributed by atoms with Crippen LogP contribution in [0.2, 0.25) is 0 Å². The highest BCUT2D eigenvalue weighted by molar-refractivity contribution is 5.89. The van der Waals surface area contributed by atoms with Crippen LogP contribution in [-0.2, 0) is 16.0 Å². The predicted molar refractivity (Wildman–Crippen MR) is 105 cm³/mol. The summed E-state index contributed by atoms with van der Waals surface area (Å²) in [7, 11) is 0. The van der Waals surface area contributed by atoms with Crippen LogP contribution in [0.3, 0.4) is 0 Å². The first-order valence-electron chi connectivity index (χ1n) is 9.34. The monoisotopic (exact) mass is 370 g/mol. The molecule has 5 heteroatoms. The summed E-state index contributed by atoms with van der Waals surface area (Å²) in [6.45, 7) is 6.81. The van der Waals surface area contributed by atoms with Crippen LogP contribution in [0.4, 0.5) is 4.39 Å². The van der Waals surface area contributed by atoms with Crippen LogP contribution in [0.25, 0.3) is 0 Å². The van der Waals surface area contributed by atoms with E-state index in [1.54, 1.807) is 17.0 Å². The molecule has 0 aliphatic carbocycles. The van der Waals surface area contributed by atoms with Crippen LogP contribution >= 0.6 is 0 Å². The molecule has 2 aromatic rings. The fourth-order valence-corrected chi connectivity index (χ4v) is 3.00. The minimum atomic E-state index is -0.714. The summed E-state index contributed by atoms with van der Waals surface area (Å²) in [6.07, 6.45) is 0.479. The number of carbonyl (C=O) groups is 2. The van der Waals surface area contributed by atoms with E-state index in [0.717, 1.165) is 11.1 Å². The second kappa shape index (κ2) is 9.86. The smallest absolute Gasteiger partial charge is 0.249 e. The van der Waals surface area contributed by atoms with Crippen LogP contribution in [-0.4, -0.2) is 29.8 Å². The maximum Gasteiger partial charge on any atom is 0.249 e. The van der Waals surface area contributed by atoms with E-state index in [4.69, 9.17) is 0 Å². The fourth-order valence-electron chi connectivity index (χ4n) is 3.00. The van der Waals surface area contributed by atoms with E-state index in [-0.39, 0.29) is 23.5 Å². The molecule has 0 heterocycles. The van der Waals surface area contributed by atoms with Gasteiger partial charge in [0, 0.05) is 19.0 Å². The summed E-state index contributed by atoms with van der Waals surface area (Å²) in [5.74, 6) is -0.960. The van der Waals surface area contributed by atoms with Gasteiger partial charge in [0.2, 0.25) is 11.8 Å². The van der Waals surface area contributed by atoms with E-state index in [1.165, 1.54) is 12.1 Å². The van der Waals surface area contributed by atoms with Crippen LogP contribution < -0.4 is 5.32 Å². The van der Waals surface area contributed by atoms with E-state index in [0.29, 0.717) is 19.5 Å². The van der Waals surface area contributed by atoms with Crippen molar-refractivity contribution in [3.8, 4) is 0 Å². The Bertz CT molecular complexity index is 743.